The molecule has 0 heterocycles. The van der Waals surface area contributed by atoms with Gasteiger partial charge in [0.1, 0.15) is 0 Å². The Morgan fingerprint density at radius 1 is 1.46 bits per heavy atom. The Bertz CT molecular complexity index is 172. The number of nitrogens with one attached hydrogen (secondary N) is 2. The molecule has 1 fully saturated rings. The molecule has 76 valence electrons. The summed E-state index contributed by atoms with van der Waals surface area (Å²) in [6, 6.07) is 0.558. The second-order valence-corrected chi connectivity index (χ2v) is 3.17. The van der Waals surface area contributed by atoms with E-state index in [4.69, 9.17) is 0 Å². The summed E-state index contributed by atoms with van der Waals surface area (Å²) in [4.78, 5) is 10.9. The highest BCUT2D eigenvalue weighted by Crippen LogP contribution is 2.18. The molecule has 0 aromatic rings. The van der Waals surface area contributed by atoms with Crippen LogP contribution < -0.4 is 10.6 Å². The molecule has 0 aromatic heterocycles. The first-order valence-corrected chi connectivity index (χ1v) is 4.46. The zero-order chi connectivity index (χ0) is 9.68. The number of halogens is 2. The zero-order valence-corrected chi connectivity index (χ0v) is 7.35. The van der Waals surface area contributed by atoms with Crippen molar-refractivity contribution in [3.8, 4) is 0 Å². The summed E-state index contributed by atoms with van der Waals surface area (Å²) in [5, 5.41) is 5.27. The molecule has 0 spiro atoms. The minimum atomic E-state index is -2.46. The molecule has 0 radical (unpaired) electrons. The lowest BCUT2D eigenvalue weighted by Gasteiger charge is -2.04. The van der Waals surface area contributed by atoms with Crippen LogP contribution in [-0.2, 0) is 4.79 Å². The molecule has 0 atom stereocenters. The Morgan fingerprint density at radius 2 is 2.15 bits per heavy atom. The first-order chi connectivity index (χ1) is 6.18. The van der Waals surface area contributed by atoms with Crippen LogP contribution in [0.3, 0.4) is 0 Å². The van der Waals surface area contributed by atoms with Crippen LogP contribution in [-0.4, -0.2) is 31.5 Å². The number of amides is 1. The lowest BCUT2D eigenvalue weighted by molar-refractivity contribution is -0.121. The summed E-state index contributed by atoms with van der Waals surface area (Å²) in [6.07, 6.45) is 0.154. The molecule has 1 aliphatic carbocycles. The van der Waals surface area contributed by atoms with Gasteiger partial charge in [-0.25, -0.2) is 8.78 Å². The second kappa shape index (κ2) is 5.11. The van der Waals surface area contributed by atoms with Crippen LogP contribution in [0.25, 0.3) is 0 Å². The summed E-state index contributed by atoms with van der Waals surface area (Å²) >= 11 is 0. The summed E-state index contributed by atoms with van der Waals surface area (Å²) in [7, 11) is 0. The molecule has 1 saturated carbocycles. The predicted molar refractivity (Wildman–Crippen MR) is 44.7 cm³/mol. The molecule has 1 rings (SSSR count). The van der Waals surface area contributed by atoms with Gasteiger partial charge in [-0.15, -0.1) is 0 Å². The van der Waals surface area contributed by atoms with Crippen molar-refractivity contribution >= 4 is 5.91 Å². The van der Waals surface area contributed by atoms with E-state index in [-0.39, 0.29) is 12.3 Å². The van der Waals surface area contributed by atoms with Gasteiger partial charge in [0, 0.05) is 19.0 Å². The van der Waals surface area contributed by atoms with E-state index in [9.17, 15) is 13.6 Å². The predicted octanol–water partition coefficient (Wildman–Crippen LogP) is 0.510. The molecule has 1 amide bonds. The molecular formula is C8H14F2N2O. The molecule has 0 aromatic carbocycles. The van der Waals surface area contributed by atoms with E-state index in [2.05, 4.69) is 10.6 Å². The largest absolute Gasteiger partial charge is 0.350 e. The van der Waals surface area contributed by atoms with E-state index in [0.29, 0.717) is 12.6 Å². The van der Waals surface area contributed by atoms with E-state index >= 15 is 0 Å². The maximum absolute atomic E-state index is 11.6. The highest BCUT2D eigenvalue weighted by Gasteiger charge is 2.20. The van der Waals surface area contributed by atoms with Gasteiger partial charge in [-0.1, -0.05) is 0 Å². The summed E-state index contributed by atoms with van der Waals surface area (Å²) in [5.74, 6) is -0.312. The molecule has 0 saturated heterocycles. The first-order valence-electron chi connectivity index (χ1n) is 4.46. The highest BCUT2D eigenvalue weighted by atomic mass is 19.3. The normalized spacial score (nSPS) is 16.2. The van der Waals surface area contributed by atoms with Gasteiger partial charge in [-0.3, -0.25) is 4.79 Å². The highest BCUT2D eigenvalue weighted by molar-refractivity contribution is 5.76. The topological polar surface area (TPSA) is 41.1 Å². The quantitative estimate of drug-likeness (QED) is 0.643. The minimum Gasteiger partial charge on any atom is -0.350 e. The Kier molecular flexibility index (Phi) is 4.08. The molecule has 1 aliphatic rings. The number of rotatable bonds is 6. The van der Waals surface area contributed by atoms with Crippen LogP contribution >= 0.6 is 0 Å². The van der Waals surface area contributed by atoms with E-state index in [1.807, 2.05) is 0 Å². The fourth-order valence-electron chi connectivity index (χ4n) is 0.957. The molecule has 0 unspecified atom stereocenters. The van der Waals surface area contributed by atoms with Gasteiger partial charge >= 0.3 is 0 Å². The van der Waals surface area contributed by atoms with Crippen molar-refractivity contribution in [1.82, 2.24) is 10.6 Å². The molecule has 13 heavy (non-hydrogen) atoms. The lowest BCUT2D eigenvalue weighted by Crippen LogP contribution is -2.31. The molecular weight excluding hydrogens is 178 g/mol. The Labute approximate surface area is 75.9 Å². The van der Waals surface area contributed by atoms with Crippen molar-refractivity contribution in [2.45, 2.75) is 31.7 Å². The number of alkyl halides is 2. The van der Waals surface area contributed by atoms with Crippen molar-refractivity contribution in [1.29, 1.82) is 0 Å². The van der Waals surface area contributed by atoms with E-state index < -0.39 is 13.0 Å². The zero-order valence-electron chi connectivity index (χ0n) is 7.35. The SMILES string of the molecule is O=C(CCNC1CC1)NCC(F)F. The van der Waals surface area contributed by atoms with Crippen LogP contribution in [0.15, 0.2) is 0 Å². The molecule has 5 heteroatoms. The third-order valence-electron chi connectivity index (χ3n) is 1.82. The standard InChI is InChI=1S/C8H14F2N2O/c9-7(10)5-12-8(13)3-4-11-6-1-2-6/h6-7,11H,1-5H2,(H,12,13). The first kappa shape index (κ1) is 10.4. The van der Waals surface area contributed by atoms with Crippen molar-refractivity contribution < 1.29 is 13.6 Å². The van der Waals surface area contributed by atoms with Crippen LogP contribution in [0.2, 0.25) is 0 Å². The smallest absolute Gasteiger partial charge is 0.255 e. The van der Waals surface area contributed by atoms with Crippen molar-refractivity contribution in [3.63, 3.8) is 0 Å². The average Bonchev–Trinajstić information content (AvgIpc) is 2.84. The number of carbonyl (C=O) groups excluding carboxylic acids is 1. The molecule has 0 aliphatic heterocycles. The maximum atomic E-state index is 11.6. The van der Waals surface area contributed by atoms with Crippen LogP contribution in [0.4, 0.5) is 8.78 Å². The third-order valence-corrected chi connectivity index (χ3v) is 1.82. The van der Waals surface area contributed by atoms with Gasteiger partial charge < -0.3 is 10.6 Å². The minimum absolute atomic E-state index is 0.281. The number of hydrogen-bond donors (Lipinski definition) is 2. The second-order valence-electron chi connectivity index (χ2n) is 3.17. The van der Waals surface area contributed by atoms with E-state index in [1.165, 1.54) is 12.8 Å². The van der Waals surface area contributed by atoms with Crippen LogP contribution in [0.1, 0.15) is 19.3 Å². The monoisotopic (exact) mass is 192 g/mol. The van der Waals surface area contributed by atoms with Gasteiger partial charge in [0.25, 0.3) is 6.43 Å². The van der Waals surface area contributed by atoms with Crippen molar-refractivity contribution in [2.24, 2.45) is 0 Å². The van der Waals surface area contributed by atoms with Gasteiger partial charge in [0.15, 0.2) is 0 Å². The van der Waals surface area contributed by atoms with Crippen LogP contribution in [0.5, 0.6) is 0 Å². The summed E-state index contributed by atoms with van der Waals surface area (Å²) in [5.41, 5.74) is 0. The number of hydrogen-bond acceptors (Lipinski definition) is 2. The average molecular weight is 192 g/mol. The van der Waals surface area contributed by atoms with Crippen LogP contribution in [0, 0.1) is 0 Å². The summed E-state index contributed by atoms with van der Waals surface area (Å²) in [6.45, 7) is 0.0437. The van der Waals surface area contributed by atoms with Gasteiger partial charge in [-0.05, 0) is 12.8 Å². The Hall–Kier alpha value is -0.710. The molecule has 2 N–H and O–H groups in total. The van der Waals surface area contributed by atoms with Gasteiger partial charge in [0.05, 0.1) is 6.54 Å². The molecule has 3 nitrogen and oxygen atoms in total. The molecule has 0 bridgehead atoms. The summed E-state index contributed by atoms with van der Waals surface area (Å²) < 4.78 is 23.3. The Morgan fingerprint density at radius 3 is 2.69 bits per heavy atom. The van der Waals surface area contributed by atoms with E-state index in [1.54, 1.807) is 0 Å². The Balaban J connectivity index is 1.90. The fourth-order valence-corrected chi connectivity index (χ4v) is 0.957. The fraction of sp³-hybridized carbons (Fsp3) is 0.875. The van der Waals surface area contributed by atoms with E-state index in [0.717, 1.165) is 0 Å². The number of carbonyl (C=O) groups is 1. The third kappa shape index (κ3) is 5.52. The lowest BCUT2D eigenvalue weighted by atomic mass is 10.4. The van der Waals surface area contributed by atoms with Crippen molar-refractivity contribution in [2.75, 3.05) is 13.1 Å². The van der Waals surface area contributed by atoms with Crippen molar-refractivity contribution in [3.05, 3.63) is 0 Å². The maximum Gasteiger partial charge on any atom is 0.255 e. The van der Waals surface area contributed by atoms with Gasteiger partial charge in [-0.2, -0.15) is 0 Å². The van der Waals surface area contributed by atoms with Gasteiger partial charge in [0.2, 0.25) is 5.91 Å².